The van der Waals surface area contributed by atoms with Gasteiger partial charge in [-0.2, -0.15) is 0 Å². The molecule has 2 aliphatic rings. The normalized spacial score (nSPS) is 23.2. The van der Waals surface area contributed by atoms with Crippen LogP contribution >= 0.6 is 0 Å². The Morgan fingerprint density at radius 1 is 1.36 bits per heavy atom. The lowest BCUT2D eigenvalue weighted by molar-refractivity contribution is -0.123. The van der Waals surface area contributed by atoms with Gasteiger partial charge in [0.15, 0.2) is 6.61 Å². The Bertz CT molecular complexity index is 565. The number of aldehydes is 1. The SMILES string of the molecule is Cc1ccc2c(c1)N(C(C=O)C1CCCCCN1)C(=O)CO2. The first-order valence-corrected chi connectivity index (χ1v) is 7.95. The zero-order valence-corrected chi connectivity index (χ0v) is 12.9. The van der Waals surface area contributed by atoms with Crippen LogP contribution in [-0.4, -0.2) is 37.4 Å². The maximum atomic E-state index is 12.4. The Morgan fingerprint density at radius 3 is 3.05 bits per heavy atom. The minimum absolute atomic E-state index is 0.00682. The van der Waals surface area contributed by atoms with Gasteiger partial charge in [-0.05, 0) is 44.0 Å². The fourth-order valence-electron chi connectivity index (χ4n) is 3.29. The summed E-state index contributed by atoms with van der Waals surface area (Å²) in [6, 6.07) is 5.27. The number of hydrogen-bond donors (Lipinski definition) is 1. The number of ether oxygens (including phenoxy) is 1. The number of carbonyl (C=O) groups excluding carboxylic acids is 2. The second kappa shape index (κ2) is 6.48. The van der Waals surface area contributed by atoms with Crippen molar-refractivity contribution < 1.29 is 14.3 Å². The molecule has 2 heterocycles. The summed E-state index contributed by atoms with van der Waals surface area (Å²) in [5.41, 5.74) is 1.75. The molecule has 0 spiro atoms. The average molecular weight is 302 g/mol. The quantitative estimate of drug-likeness (QED) is 0.865. The zero-order valence-electron chi connectivity index (χ0n) is 12.9. The highest BCUT2D eigenvalue weighted by Crippen LogP contribution is 2.35. The number of aryl methyl sites for hydroxylation is 1. The Balaban J connectivity index is 1.95. The number of hydrogen-bond acceptors (Lipinski definition) is 4. The third-order valence-corrected chi connectivity index (χ3v) is 4.44. The molecule has 1 saturated heterocycles. The summed E-state index contributed by atoms with van der Waals surface area (Å²) in [6.45, 7) is 2.86. The molecule has 5 heteroatoms. The minimum atomic E-state index is -0.477. The Labute approximate surface area is 130 Å². The van der Waals surface area contributed by atoms with Gasteiger partial charge in [0.25, 0.3) is 5.91 Å². The van der Waals surface area contributed by atoms with Crippen molar-refractivity contribution in [3.8, 4) is 5.75 Å². The molecule has 0 bridgehead atoms. The molecule has 1 N–H and O–H groups in total. The van der Waals surface area contributed by atoms with E-state index in [1.54, 1.807) is 4.90 Å². The maximum absolute atomic E-state index is 12.4. The molecule has 3 rings (SSSR count). The van der Waals surface area contributed by atoms with Gasteiger partial charge in [0, 0.05) is 6.04 Å². The van der Waals surface area contributed by atoms with Crippen molar-refractivity contribution in [3.63, 3.8) is 0 Å². The van der Waals surface area contributed by atoms with Crippen molar-refractivity contribution >= 4 is 17.9 Å². The van der Waals surface area contributed by atoms with Crippen LogP contribution in [0.4, 0.5) is 5.69 Å². The molecule has 0 aromatic heterocycles. The van der Waals surface area contributed by atoms with Gasteiger partial charge < -0.3 is 14.8 Å². The van der Waals surface area contributed by atoms with Crippen LogP contribution in [0.25, 0.3) is 0 Å². The zero-order chi connectivity index (χ0) is 15.5. The van der Waals surface area contributed by atoms with Gasteiger partial charge in [0.2, 0.25) is 0 Å². The second-order valence-electron chi connectivity index (χ2n) is 6.06. The lowest BCUT2D eigenvalue weighted by Crippen LogP contribution is -2.55. The van der Waals surface area contributed by atoms with Gasteiger partial charge >= 0.3 is 0 Å². The molecule has 5 nitrogen and oxygen atoms in total. The third-order valence-electron chi connectivity index (χ3n) is 4.44. The van der Waals surface area contributed by atoms with E-state index in [4.69, 9.17) is 4.74 Å². The Hall–Kier alpha value is -1.88. The van der Waals surface area contributed by atoms with E-state index in [2.05, 4.69) is 5.32 Å². The van der Waals surface area contributed by atoms with Crippen molar-refractivity contribution in [3.05, 3.63) is 23.8 Å². The van der Waals surface area contributed by atoms with Gasteiger partial charge in [-0.25, -0.2) is 0 Å². The van der Waals surface area contributed by atoms with E-state index in [0.717, 1.165) is 37.7 Å². The van der Waals surface area contributed by atoms with Crippen LogP contribution in [0, 0.1) is 6.92 Å². The van der Waals surface area contributed by atoms with E-state index < -0.39 is 6.04 Å². The molecule has 0 aliphatic carbocycles. The largest absolute Gasteiger partial charge is 0.482 e. The van der Waals surface area contributed by atoms with E-state index in [9.17, 15) is 9.59 Å². The molecule has 0 radical (unpaired) electrons. The van der Waals surface area contributed by atoms with Crippen LogP contribution < -0.4 is 15.0 Å². The molecule has 1 amide bonds. The molecule has 1 aromatic carbocycles. The summed E-state index contributed by atoms with van der Waals surface area (Å²) in [4.78, 5) is 25.8. The van der Waals surface area contributed by atoms with E-state index in [-0.39, 0.29) is 18.6 Å². The van der Waals surface area contributed by atoms with Gasteiger partial charge in [0.05, 0.1) is 5.69 Å². The number of amides is 1. The monoisotopic (exact) mass is 302 g/mol. The molecule has 2 unspecified atom stereocenters. The van der Waals surface area contributed by atoms with Gasteiger partial charge in [-0.15, -0.1) is 0 Å². The summed E-state index contributed by atoms with van der Waals surface area (Å²) in [6.07, 6.45) is 5.19. The number of nitrogens with zero attached hydrogens (tertiary/aromatic N) is 1. The van der Waals surface area contributed by atoms with Crippen molar-refractivity contribution in [2.24, 2.45) is 0 Å². The van der Waals surface area contributed by atoms with E-state index in [1.807, 2.05) is 25.1 Å². The highest BCUT2D eigenvalue weighted by molar-refractivity contribution is 6.01. The molecule has 118 valence electrons. The van der Waals surface area contributed by atoms with Crippen LogP contribution in [0.5, 0.6) is 5.75 Å². The van der Waals surface area contributed by atoms with E-state index in [0.29, 0.717) is 11.4 Å². The Kier molecular flexibility index (Phi) is 4.43. The summed E-state index contributed by atoms with van der Waals surface area (Å²) in [5, 5.41) is 3.43. The lowest BCUT2D eigenvalue weighted by atomic mass is 10.0. The molecular weight excluding hydrogens is 280 g/mol. The topological polar surface area (TPSA) is 58.6 Å². The second-order valence-corrected chi connectivity index (χ2v) is 6.06. The fourth-order valence-corrected chi connectivity index (χ4v) is 3.29. The molecule has 1 fully saturated rings. The van der Waals surface area contributed by atoms with Crippen molar-refractivity contribution in [1.29, 1.82) is 0 Å². The summed E-state index contributed by atoms with van der Waals surface area (Å²) < 4.78 is 5.50. The molecule has 2 atom stereocenters. The highest BCUT2D eigenvalue weighted by atomic mass is 16.5. The highest BCUT2D eigenvalue weighted by Gasteiger charge is 2.36. The van der Waals surface area contributed by atoms with Crippen molar-refractivity contribution in [2.45, 2.75) is 44.7 Å². The van der Waals surface area contributed by atoms with E-state index in [1.165, 1.54) is 6.42 Å². The van der Waals surface area contributed by atoms with Crippen LogP contribution in [-0.2, 0) is 9.59 Å². The number of rotatable bonds is 3. The van der Waals surface area contributed by atoms with Gasteiger partial charge in [-0.3, -0.25) is 9.69 Å². The molecule has 22 heavy (non-hydrogen) atoms. The smallest absolute Gasteiger partial charge is 0.265 e. The lowest BCUT2D eigenvalue weighted by Gasteiger charge is -2.37. The first-order chi connectivity index (χ1) is 10.7. The maximum Gasteiger partial charge on any atom is 0.265 e. The summed E-state index contributed by atoms with van der Waals surface area (Å²) >= 11 is 0. The average Bonchev–Trinajstić information content (AvgIpc) is 2.79. The van der Waals surface area contributed by atoms with Gasteiger partial charge in [0.1, 0.15) is 18.1 Å². The van der Waals surface area contributed by atoms with Crippen LogP contribution in [0.3, 0.4) is 0 Å². The number of carbonyl (C=O) groups is 2. The Morgan fingerprint density at radius 2 is 2.23 bits per heavy atom. The number of fused-ring (bicyclic) bond motifs is 1. The summed E-state index contributed by atoms with van der Waals surface area (Å²) in [7, 11) is 0. The van der Waals surface area contributed by atoms with E-state index >= 15 is 0 Å². The molecule has 0 saturated carbocycles. The van der Waals surface area contributed by atoms with Crippen molar-refractivity contribution in [1.82, 2.24) is 5.32 Å². The van der Waals surface area contributed by atoms with Gasteiger partial charge in [-0.1, -0.05) is 18.9 Å². The third kappa shape index (κ3) is 2.86. The molecular formula is C17H22N2O3. The minimum Gasteiger partial charge on any atom is -0.482 e. The number of anilines is 1. The number of nitrogens with one attached hydrogen (secondary N) is 1. The molecule has 1 aromatic rings. The molecule has 2 aliphatic heterocycles. The predicted octanol–water partition coefficient (Wildman–Crippen LogP) is 1.82. The number of benzene rings is 1. The summed E-state index contributed by atoms with van der Waals surface area (Å²) in [5.74, 6) is 0.520. The first kappa shape index (κ1) is 15.0. The first-order valence-electron chi connectivity index (χ1n) is 7.95. The van der Waals surface area contributed by atoms with Crippen LogP contribution in [0.1, 0.15) is 31.2 Å². The van der Waals surface area contributed by atoms with Crippen molar-refractivity contribution in [2.75, 3.05) is 18.1 Å². The van der Waals surface area contributed by atoms with Crippen LogP contribution in [0.15, 0.2) is 18.2 Å². The predicted molar refractivity (Wildman–Crippen MR) is 84.3 cm³/mol. The standard InChI is InChI=1S/C17H22N2O3/c1-12-6-7-16-14(9-12)19(17(21)11-22-16)15(10-20)13-5-3-2-4-8-18-13/h6-7,9-10,13,15,18H,2-5,8,11H2,1H3. The fraction of sp³-hybridized carbons (Fsp3) is 0.529. The van der Waals surface area contributed by atoms with Crippen LogP contribution in [0.2, 0.25) is 0 Å².